The minimum absolute atomic E-state index is 0.113. The molecular weight excluding hydrogens is 374 g/mol. The van der Waals surface area contributed by atoms with Crippen LogP contribution in [0.4, 0.5) is 5.69 Å². The normalized spacial score (nSPS) is 13.9. The van der Waals surface area contributed by atoms with Gasteiger partial charge in [-0.1, -0.05) is 24.8 Å². The Kier molecular flexibility index (Phi) is 6.32. The minimum Gasteiger partial charge on any atom is -0.478 e. The third kappa shape index (κ3) is 4.52. The number of nitrogens with zero attached hydrogens (tertiary/aromatic N) is 2. The number of hydrogen-bond acceptors (Lipinski definition) is 5. The first kappa shape index (κ1) is 19.9. The highest BCUT2D eigenvalue weighted by atomic mass is 32.2. The van der Waals surface area contributed by atoms with Crippen molar-refractivity contribution in [1.82, 2.24) is 4.98 Å². The van der Waals surface area contributed by atoms with Crippen molar-refractivity contribution in [3.05, 3.63) is 52.7 Å². The Hall–Kier alpha value is -2.85. The minimum atomic E-state index is -1.05. The van der Waals surface area contributed by atoms with Crippen molar-refractivity contribution in [2.24, 2.45) is 0 Å². The first-order chi connectivity index (χ1) is 13.5. The Balaban J connectivity index is 1.78. The summed E-state index contributed by atoms with van der Waals surface area (Å²) in [5, 5.41) is 21.5. The van der Waals surface area contributed by atoms with Crippen molar-refractivity contribution < 1.29 is 14.7 Å². The summed E-state index contributed by atoms with van der Waals surface area (Å²) in [6.45, 7) is 1.90. The number of nitriles is 1. The highest BCUT2D eigenvalue weighted by Gasteiger charge is 2.23. The summed E-state index contributed by atoms with van der Waals surface area (Å²) in [6, 6.07) is 10.3. The molecule has 1 amide bonds. The van der Waals surface area contributed by atoms with Crippen LogP contribution < -0.4 is 5.32 Å². The molecule has 1 aliphatic rings. The number of carbonyl (C=O) groups excluding carboxylic acids is 1. The van der Waals surface area contributed by atoms with Crippen LogP contribution >= 0.6 is 11.8 Å². The number of nitrogens with one attached hydrogen (secondary N) is 1. The van der Waals surface area contributed by atoms with Gasteiger partial charge in [0.15, 0.2) is 0 Å². The molecule has 6 nitrogen and oxygen atoms in total. The van der Waals surface area contributed by atoms with Crippen molar-refractivity contribution in [1.29, 1.82) is 5.26 Å². The molecule has 1 aliphatic carbocycles. The number of hydrogen-bond donors (Lipinski definition) is 2. The van der Waals surface area contributed by atoms with E-state index in [1.165, 1.54) is 23.9 Å². The number of benzene rings is 1. The lowest BCUT2D eigenvalue weighted by atomic mass is 9.95. The molecule has 1 aromatic carbocycles. The lowest BCUT2D eigenvalue weighted by Gasteiger charge is -2.19. The number of carboxylic acids is 1. The molecule has 0 saturated heterocycles. The molecule has 144 valence electrons. The van der Waals surface area contributed by atoms with E-state index in [0.717, 1.165) is 36.9 Å². The largest absolute Gasteiger partial charge is 0.478 e. The topological polar surface area (TPSA) is 103 Å². The van der Waals surface area contributed by atoms with Crippen LogP contribution in [-0.4, -0.2) is 27.2 Å². The second-order valence-corrected chi connectivity index (χ2v) is 7.85. The third-order valence-corrected chi connectivity index (χ3v) is 6.05. The lowest BCUT2D eigenvalue weighted by Crippen LogP contribution is -2.25. The van der Waals surface area contributed by atoms with Crippen LogP contribution in [0.25, 0.3) is 0 Å². The van der Waals surface area contributed by atoms with E-state index in [4.69, 9.17) is 5.11 Å². The Bertz CT molecular complexity index is 952. The number of aryl methyl sites for hydroxylation is 2. The number of carboxylic acid groups (broad SMARTS) is 1. The molecule has 1 aromatic heterocycles. The SMILES string of the molecule is CCC(Sc1nc2c(cc1C#N)CCCC2)C(=O)Nc1cccc(C(=O)O)c1. The fraction of sp³-hybridized carbons (Fsp3) is 0.333. The van der Waals surface area contributed by atoms with Gasteiger partial charge in [-0.05, 0) is 61.9 Å². The number of amides is 1. The van der Waals surface area contributed by atoms with Gasteiger partial charge >= 0.3 is 5.97 Å². The van der Waals surface area contributed by atoms with Gasteiger partial charge < -0.3 is 10.4 Å². The molecule has 7 heteroatoms. The fourth-order valence-corrected chi connectivity index (χ4v) is 4.19. The van der Waals surface area contributed by atoms with E-state index in [1.807, 2.05) is 13.0 Å². The number of aromatic carboxylic acids is 1. The number of anilines is 1. The van der Waals surface area contributed by atoms with Crippen molar-refractivity contribution in [2.45, 2.75) is 49.3 Å². The van der Waals surface area contributed by atoms with Crippen LogP contribution in [0.3, 0.4) is 0 Å². The Morgan fingerprint density at radius 1 is 1.32 bits per heavy atom. The summed E-state index contributed by atoms with van der Waals surface area (Å²) >= 11 is 1.29. The average molecular weight is 395 g/mol. The van der Waals surface area contributed by atoms with Crippen LogP contribution in [0.1, 0.15) is 53.4 Å². The van der Waals surface area contributed by atoms with Crippen LogP contribution in [0.5, 0.6) is 0 Å². The zero-order valence-electron chi connectivity index (χ0n) is 15.6. The van der Waals surface area contributed by atoms with Crippen molar-refractivity contribution in [2.75, 3.05) is 5.32 Å². The first-order valence-corrected chi connectivity index (χ1v) is 10.1. The molecule has 1 heterocycles. The predicted octanol–water partition coefficient (Wildman–Crippen LogP) is 4.04. The predicted molar refractivity (Wildman–Crippen MR) is 108 cm³/mol. The lowest BCUT2D eigenvalue weighted by molar-refractivity contribution is -0.115. The van der Waals surface area contributed by atoms with E-state index in [9.17, 15) is 14.9 Å². The maximum Gasteiger partial charge on any atom is 0.335 e. The quantitative estimate of drug-likeness (QED) is 0.716. The number of carbonyl (C=O) groups is 2. The molecule has 0 saturated carbocycles. The van der Waals surface area contributed by atoms with Crippen LogP contribution in [0, 0.1) is 11.3 Å². The zero-order chi connectivity index (χ0) is 20.1. The van der Waals surface area contributed by atoms with Crippen LogP contribution in [-0.2, 0) is 17.6 Å². The standard InChI is InChI=1S/C21H21N3O3S/c1-2-18(19(25)23-16-8-5-7-14(11-16)21(26)27)28-20-15(12-22)10-13-6-3-4-9-17(13)24-20/h5,7-8,10-11,18H,2-4,6,9H2,1H3,(H,23,25)(H,26,27). The molecule has 2 aromatic rings. The first-order valence-electron chi connectivity index (χ1n) is 9.25. The van der Waals surface area contributed by atoms with Crippen molar-refractivity contribution in [3.63, 3.8) is 0 Å². The summed E-state index contributed by atoms with van der Waals surface area (Å²) in [7, 11) is 0. The summed E-state index contributed by atoms with van der Waals surface area (Å²) in [6.07, 6.45) is 4.60. The maximum atomic E-state index is 12.7. The second-order valence-electron chi connectivity index (χ2n) is 6.66. The Morgan fingerprint density at radius 3 is 2.82 bits per heavy atom. The number of fused-ring (bicyclic) bond motifs is 1. The molecule has 2 N–H and O–H groups in total. The van der Waals surface area contributed by atoms with Crippen LogP contribution in [0.2, 0.25) is 0 Å². The second kappa shape index (κ2) is 8.89. The van der Waals surface area contributed by atoms with Gasteiger partial charge in [-0.15, -0.1) is 0 Å². The van der Waals surface area contributed by atoms with Gasteiger partial charge in [-0.25, -0.2) is 9.78 Å². The number of aromatic nitrogens is 1. The third-order valence-electron chi connectivity index (χ3n) is 4.68. The molecule has 0 spiro atoms. The molecular formula is C21H21N3O3S. The van der Waals surface area contributed by atoms with Crippen molar-refractivity contribution >= 4 is 29.3 Å². The Labute approximate surface area is 168 Å². The summed E-state index contributed by atoms with van der Waals surface area (Å²) in [4.78, 5) is 28.5. The zero-order valence-corrected chi connectivity index (χ0v) is 16.4. The average Bonchev–Trinajstić information content (AvgIpc) is 2.71. The highest BCUT2D eigenvalue weighted by molar-refractivity contribution is 8.00. The summed E-state index contributed by atoms with van der Waals surface area (Å²) in [5.41, 5.74) is 3.21. The van der Waals surface area contributed by atoms with Gasteiger partial charge in [-0.3, -0.25) is 4.79 Å². The summed E-state index contributed by atoms with van der Waals surface area (Å²) < 4.78 is 0. The molecule has 1 unspecified atom stereocenters. The molecule has 3 rings (SSSR count). The van der Waals surface area contributed by atoms with Gasteiger partial charge in [0, 0.05) is 11.4 Å². The fourth-order valence-electron chi connectivity index (χ4n) is 3.19. The van der Waals surface area contributed by atoms with Gasteiger partial charge in [0.05, 0.1) is 16.4 Å². The number of pyridine rings is 1. The molecule has 0 fully saturated rings. The molecule has 0 aliphatic heterocycles. The van der Waals surface area contributed by atoms with Gasteiger partial charge in [0.2, 0.25) is 5.91 Å². The van der Waals surface area contributed by atoms with E-state index in [1.54, 1.807) is 12.1 Å². The highest BCUT2D eigenvalue weighted by Crippen LogP contribution is 2.31. The van der Waals surface area contributed by atoms with E-state index in [-0.39, 0.29) is 11.5 Å². The number of thioether (sulfide) groups is 1. The maximum absolute atomic E-state index is 12.7. The van der Waals surface area contributed by atoms with Crippen LogP contribution in [0.15, 0.2) is 35.4 Å². The monoisotopic (exact) mass is 395 g/mol. The molecule has 1 atom stereocenters. The Morgan fingerprint density at radius 2 is 2.11 bits per heavy atom. The van der Waals surface area contributed by atoms with Gasteiger partial charge in [-0.2, -0.15) is 5.26 Å². The molecule has 0 radical (unpaired) electrons. The molecule has 28 heavy (non-hydrogen) atoms. The summed E-state index contributed by atoms with van der Waals surface area (Å²) in [5.74, 6) is -1.28. The van der Waals surface area contributed by atoms with E-state index >= 15 is 0 Å². The van der Waals surface area contributed by atoms with E-state index in [2.05, 4.69) is 16.4 Å². The van der Waals surface area contributed by atoms with Gasteiger partial charge in [0.25, 0.3) is 0 Å². The van der Waals surface area contributed by atoms with Crippen molar-refractivity contribution in [3.8, 4) is 6.07 Å². The molecule has 0 bridgehead atoms. The number of rotatable bonds is 6. The van der Waals surface area contributed by atoms with E-state index in [0.29, 0.717) is 22.7 Å². The van der Waals surface area contributed by atoms with Gasteiger partial charge in [0.1, 0.15) is 11.1 Å². The smallest absolute Gasteiger partial charge is 0.335 e. The van der Waals surface area contributed by atoms with E-state index < -0.39 is 11.2 Å².